The fraction of sp³-hybridized carbons (Fsp3) is 0.182. The molecule has 144 valence electrons. The van der Waals surface area contributed by atoms with E-state index >= 15 is 0 Å². The molecule has 7 heteroatoms. The highest BCUT2D eigenvalue weighted by Gasteiger charge is 2.12. The molecule has 0 amide bonds. The zero-order valence-electron chi connectivity index (χ0n) is 16.2. The second-order valence-corrected chi connectivity index (χ2v) is 7.20. The standard InChI is InChI=1S/C22H19ClN6/c1-24-8-6-16-10-18-15(4-5-17-7-9-26-29(17)3)11-21(22-13-25-14-28(22)2)27-20(18)12-19(16)23/h4-5,7,9-14H,6,8H2,2-3H3. The van der Waals surface area contributed by atoms with Crippen LogP contribution in [0.3, 0.4) is 0 Å². The van der Waals surface area contributed by atoms with E-state index < -0.39 is 0 Å². The first-order valence-electron chi connectivity index (χ1n) is 9.16. The maximum absolute atomic E-state index is 7.06. The first-order valence-corrected chi connectivity index (χ1v) is 9.54. The van der Waals surface area contributed by atoms with E-state index in [-0.39, 0.29) is 0 Å². The van der Waals surface area contributed by atoms with Crippen molar-refractivity contribution >= 4 is 34.7 Å². The number of hydrogen-bond acceptors (Lipinski definition) is 3. The Balaban J connectivity index is 1.90. The van der Waals surface area contributed by atoms with Gasteiger partial charge in [0.15, 0.2) is 0 Å². The van der Waals surface area contributed by atoms with Gasteiger partial charge in [-0.1, -0.05) is 17.7 Å². The summed E-state index contributed by atoms with van der Waals surface area (Å²) in [5, 5.41) is 5.85. The third-order valence-electron chi connectivity index (χ3n) is 4.87. The molecule has 0 bridgehead atoms. The molecule has 6 nitrogen and oxygen atoms in total. The number of benzene rings is 1. The molecule has 0 unspecified atom stereocenters. The summed E-state index contributed by atoms with van der Waals surface area (Å²) in [5.41, 5.74) is 5.54. The minimum absolute atomic E-state index is 0.409. The Hall–Kier alpha value is -3.43. The van der Waals surface area contributed by atoms with Crippen LogP contribution >= 0.6 is 11.6 Å². The van der Waals surface area contributed by atoms with Crippen molar-refractivity contribution in [3.05, 3.63) is 76.2 Å². The second-order valence-electron chi connectivity index (χ2n) is 6.79. The number of rotatable bonds is 5. The van der Waals surface area contributed by atoms with Crippen LogP contribution in [-0.2, 0) is 20.5 Å². The van der Waals surface area contributed by atoms with Gasteiger partial charge in [-0.2, -0.15) is 5.10 Å². The lowest BCUT2D eigenvalue weighted by atomic mass is 10.0. The molecular weight excluding hydrogens is 384 g/mol. The third-order valence-corrected chi connectivity index (χ3v) is 5.23. The molecule has 0 aliphatic heterocycles. The summed E-state index contributed by atoms with van der Waals surface area (Å²) in [7, 11) is 3.85. The lowest BCUT2D eigenvalue weighted by molar-refractivity contribution is 0.760. The molecule has 0 saturated carbocycles. The summed E-state index contributed by atoms with van der Waals surface area (Å²) >= 11 is 6.49. The van der Waals surface area contributed by atoms with Crippen LogP contribution in [0, 0.1) is 6.57 Å². The molecular formula is C22H19ClN6. The van der Waals surface area contributed by atoms with E-state index in [1.165, 1.54) is 0 Å². The predicted molar refractivity (Wildman–Crippen MR) is 116 cm³/mol. The van der Waals surface area contributed by atoms with Crippen LogP contribution in [0.25, 0.3) is 39.3 Å². The molecule has 1 aromatic carbocycles. The van der Waals surface area contributed by atoms with E-state index in [1.807, 2.05) is 47.6 Å². The van der Waals surface area contributed by atoms with Gasteiger partial charge in [-0.05, 0) is 41.5 Å². The Bertz CT molecular complexity index is 1260. The number of halogens is 1. The van der Waals surface area contributed by atoms with Crippen LogP contribution in [0.15, 0.2) is 43.0 Å². The predicted octanol–water partition coefficient (Wildman–Crippen LogP) is 4.65. The number of hydrogen-bond donors (Lipinski definition) is 0. The number of aromatic nitrogens is 5. The van der Waals surface area contributed by atoms with Crippen molar-refractivity contribution in [3.63, 3.8) is 0 Å². The second kappa shape index (κ2) is 7.90. The minimum Gasteiger partial charge on any atom is -0.332 e. The van der Waals surface area contributed by atoms with E-state index in [0.717, 1.165) is 39.1 Å². The van der Waals surface area contributed by atoms with Gasteiger partial charge in [0.05, 0.1) is 35.1 Å². The maximum Gasteiger partial charge on any atom is 0.218 e. The zero-order valence-corrected chi connectivity index (χ0v) is 16.9. The van der Waals surface area contributed by atoms with Gasteiger partial charge in [0.2, 0.25) is 6.54 Å². The Morgan fingerprint density at radius 3 is 2.76 bits per heavy atom. The van der Waals surface area contributed by atoms with Crippen molar-refractivity contribution in [2.24, 2.45) is 14.1 Å². The summed E-state index contributed by atoms with van der Waals surface area (Å²) < 4.78 is 3.76. The monoisotopic (exact) mass is 402 g/mol. The zero-order chi connectivity index (χ0) is 20.4. The molecule has 0 radical (unpaired) electrons. The largest absolute Gasteiger partial charge is 0.332 e. The van der Waals surface area contributed by atoms with Gasteiger partial charge < -0.3 is 9.41 Å². The highest BCUT2D eigenvalue weighted by Crippen LogP contribution is 2.30. The average molecular weight is 403 g/mol. The molecule has 0 fully saturated rings. The summed E-state index contributed by atoms with van der Waals surface area (Å²) in [6, 6.07) is 7.95. The van der Waals surface area contributed by atoms with Crippen molar-refractivity contribution < 1.29 is 0 Å². The third kappa shape index (κ3) is 3.78. The van der Waals surface area contributed by atoms with Crippen LogP contribution in [0.1, 0.15) is 16.8 Å². The van der Waals surface area contributed by atoms with Crippen molar-refractivity contribution in [2.75, 3.05) is 6.54 Å². The number of fused-ring (bicyclic) bond motifs is 1. The Morgan fingerprint density at radius 2 is 2.07 bits per heavy atom. The highest BCUT2D eigenvalue weighted by atomic mass is 35.5. The molecule has 3 aromatic heterocycles. The van der Waals surface area contributed by atoms with Gasteiger partial charge >= 0.3 is 0 Å². The van der Waals surface area contributed by atoms with Gasteiger partial charge in [0.1, 0.15) is 0 Å². The summed E-state index contributed by atoms with van der Waals surface area (Å²) in [4.78, 5) is 12.5. The van der Waals surface area contributed by atoms with Gasteiger partial charge in [0.25, 0.3) is 0 Å². The van der Waals surface area contributed by atoms with Crippen LogP contribution in [-0.4, -0.2) is 30.9 Å². The van der Waals surface area contributed by atoms with Crippen LogP contribution in [0.2, 0.25) is 5.02 Å². The smallest absolute Gasteiger partial charge is 0.218 e. The molecule has 0 aliphatic rings. The topological polar surface area (TPSA) is 52.9 Å². The number of nitrogens with zero attached hydrogens (tertiary/aromatic N) is 6. The van der Waals surface area contributed by atoms with Crippen LogP contribution in [0.5, 0.6) is 0 Å². The van der Waals surface area contributed by atoms with E-state index in [4.69, 9.17) is 23.2 Å². The van der Waals surface area contributed by atoms with Crippen LogP contribution in [0.4, 0.5) is 0 Å². The van der Waals surface area contributed by atoms with Crippen molar-refractivity contribution in [3.8, 4) is 11.4 Å². The molecule has 0 spiro atoms. The number of pyridine rings is 1. The molecule has 4 rings (SSSR count). The van der Waals surface area contributed by atoms with Crippen molar-refractivity contribution in [2.45, 2.75) is 6.42 Å². The van der Waals surface area contributed by atoms with E-state index in [1.54, 1.807) is 18.7 Å². The van der Waals surface area contributed by atoms with Crippen LogP contribution < -0.4 is 0 Å². The quantitative estimate of drug-likeness (QED) is 0.456. The molecule has 0 N–H and O–H groups in total. The fourth-order valence-corrected chi connectivity index (χ4v) is 3.53. The normalized spacial score (nSPS) is 11.4. The fourth-order valence-electron chi connectivity index (χ4n) is 3.28. The lowest BCUT2D eigenvalue weighted by Crippen LogP contribution is -1.97. The molecule has 0 saturated heterocycles. The SMILES string of the molecule is [C-]#[N+]CCc1cc2c(C=Cc3ccnn3C)cc(-c3cncn3C)nc2cc1Cl. The first-order chi connectivity index (χ1) is 14.1. The summed E-state index contributed by atoms with van der Waals surface area (Å²) in [5.74, 6) is 0. The molecule has 0 atom stereocenters. The van der Waals surface area contributed by atoms with E-state index in [0.29, 0.717) is 18.0 Å². The number of aryl methyl sites for hydroxylation is 2. The summed E-state index contributed by atoms with van der Waals surface area (Å²) in [6.07, 6.45) is 10.0. The maximum atomic E-state index is 7.06. The first kappa shape index (κ1) is 18.9. The van der Waals surface area contributed by atoms with Gasteiger partial charge in [-0.3, -0.25) is 4.68 Å². The number of imidazole rings is 1. The van der Waals surface area contributed by atoms with Gasteiger partial charge in [0, 0.05) is 37.1 Å². The molecule has 0 aliphatic carbocycles. The van der Waals surface area contributed by atoms with Crippen molar-refractivity contribution in [1.29, 1.82) is 0 Å². The Kier molecular flexibility index (Phi) is 5.15. The average Bonchev–Trinajstić information content (AvgIpc) is 3.32. The summed E-state index contributed by atoms with van der Waals surface area (Å²) in [6.45, 7) is 7.47. The highest BCUT2D eigenvalue weighted by molar-refractivity contribution is 6.32. The van der Waals surface area contributed by atoms with Gasteiger partial charge in [-0.25, -0.2) is 16.5 Å². The molecule has 3 heterocycles. The van der Waals surface area contributed by atoms with E-state index in [2.05, 4.69) is 27.1 Å². The lowest BCUT2D eigenvalue weighted by Gasteiger charge is -2.10. The Morgan fingerprint density at radius 1 is 1.21 bits per heavy atom. The molecule has 4 aromatic rings. The Labute approximate surface area is 173 Å². The van der Waals surface area contributed by atoms with Crippen molar-refractivity contribution in [1.82, 2.24) is 24.3 Å². The molecule has 29 heavy (non-hydrogen) atoms. The minimum atomic E-state index is 0.409. The van der Waals surface area contributed by atoms with Gasteiger partial charge in [-0.15, -0.1) is 0 Å². The van der Waals surface area contributed by atoms with E-state index in [9.17, 15) is 0 Å².